The van der Waals surface area contributed by atoms with Crippen LogP contribution in [0, 0.1) is 0 Å². The van der Waals surface area contributed by atoms with E-state index >= 15 is 0 Å². The summed E-state index contributed by atoms with van der Waals surface area (Å²) in [7, 11) is 0. The SMILES string of the molecule is C=C.O=Cc1ccc(/C=C/C(=O)O)cc1. The number of rotatable bonds is 3. The van der Waals surface area contributed by atoms with E-state index in [-0.39, 0.29) is 0 Å². The van der Waals surface area contributed by atoms with Crippen LogP contribution in [-0.2, 0) is 4.79 Å². The summed E-state index contributed by atoms with van der Waals surface area (Å²) in [5.74, 6) is -0.987. The van der Waals surface area contributed by atoms with Gasteiger partial charge < -0.3 is 5.11 Å². The van der Waals surface area contributed by atoms with Crippen LogP contribution in [0.1, 0.15) is 15.9 Å². The van der Waals surface area contributed by atoms with Crippen molar-refractivity contribution in [1.82, 2.24) is 0 Å². The van der Waals surface area contributed by atoms with Crippen molar-refractivity contribution >= 4 is 18.3 Å². The summed E-state index contributed by atoms with van der Waals surface area (Å²) in [6, 6.07) is 6.63. The molecular formula is C12H12O3. The van der Waals surface area contributed by atoms with E-state index in [1.165, 1.54) is 6.08 Å². The highest BCUT2D eigenvalue weighted by atomic mass is 16.4. The highest BCUT2D eigenvalue weighted by Gasteiger charge is 1.90. The molecule has 0 heterocycles. The highest BCUT2D eigenvalue weighted by Crippen LogP contribution is 2.04. The maximum Gasteiger partial charge on any atom is 0.328 e. The number of benzene rings is 1. The molecule has 0 unspecified atom stereocenters. The van der Waals surface area contributed by atoms with Crippen LogP contribution in [0.3, 0.4) is 0 Å². The molecule has 0 saturated carbocycles. The number of hydrogen-bond acceptors (Lipinski definition) is 2. The van der Waals surface area contributed by atoms with Gasteiger partial charge in [0.15, 0.2) is 0 Å². The molecule has 0 bridgehead atoms. The van der Waals surface area contributed by atoms with Crippen molar-refractivity contribution in [3.63, 3.8) is 0 Å². The number of hydrogen-bond donors (Lipinski definition) is 1. The Morgan fingerprint density at radius 2 is 1.60 bits per heavy atom. The molecule has 1 N–H and O–H groups in total. The topological polar surface area (TPSA) is 54.4 Å². The highest BCUT2D eigenvalue weighted by molar-refractivity contribution is 5.85. The minimum atomic E-state index is -0.987. The molecule has 3 heteroatoms. The molecule has 0 aromatic heterocycles. The van der Waals surface area contributed by atoms with E-state index in [1.54, 1.807) is 24.3 Å². The quantitative estimate of drug-likeness (QED) is 0.467. The molecule has 0 aliphatic carbocycles. The van der Waals surface area contributed by atoms with Gasteiger partial charge in [0.25, 0.3) is 0 Å². The lowest BCUT2D eigenvalue weighted by Gasteiger charge is -1.92. The second-order valence-electron chi connectivity index (χ2n) is 2.46. The molecule has 1 aromatic carbocycles. The number of carboxylic acid groups (broad SMARTS) is 1. The molecule has 3 nitrogen and oxygen atoms in total. The Morgan fingerprint density at radius 1 is 1.13 bits per heavy atom. The molecule has 0 spiro atoms. The third kappa shape index (κ3) is 5.21. The lowest BCUT2D eigenvalue weighted by atomic mass is 10.1. The summed E-state index contributed by atoms with van der Waals surface area (Å²) in [5.41, 5.74) is 1.33. The Kier molecular flexibility index (Phi) is 6.22. The van der Waals surface area contributed by atoms with Crippen LogP contribution in [0.2, 0.25) is 0 Å². The van der Waals surface area contributed by atoms with Crippen molar-refractivity contribution < 1.29 is 14.7 Å². The van der Waals surface area contributed by atoms with E-state index in [4.69, 9.17) is 5.11 Å². The summed E-state index contributed by atoms with van der Waals surface area (Å²) < 4.78 is 0. The first-order chi connectivity index (χ1) is 7.22. The van der Waals surface area contributed by atoms with Crippen molar-refractivity contribution in [2.75, 3.05) is 0 Å². The zero-order valence-electron chi connectivity index (χ0n) is 8.22. The summed E-state index contributed by atoms with van der Waals surface area (Å²) >= 11 is 0. The van der Waals surface area contributed by atoms with E-state index in [2.05, 4.69) is 13.2 Å². The smallest absolute Gasteiger partial charge is 0.328 e. The molecule has 0 saturated heterocycles. The Balaban J connectivity index is 0.000000921. The number of carboxylic acids is 1. The minimum absolute atomic E-state index is 0.576. The molecule has 0 amide bonds. The first-order valence-corrected chi connectivity index (χ1v) is 4.18. The Hall–Kier alpha value is -2.16. The van der Waals surface area contributed by atoms with Gasteiger partial charge in [0.05, 0.1) is 0 Å². The van der Waals surface area contributed by atoms with Gasteiger partial charge in [-0.3, -0.25) is 4.79 Å². The Labute approximate surface area is 88.4 Å². The molecule has 0 aliphatic heterocycles. The maximum atomic E-state index is 10.3. The second kappa shape index (κ2) is 7.26. The van der Waals surface area contributed by atoms with Crippen molar-refractivity contribution in [2.24, 2.45) is 0 Å². The fourth-order valence-electron chi connectivity index (χ4n) is 0.853. The van der Waals surface area contributed by atoms with Gasteiger partial charge in [-0.25, -0.2) is 4.79 Å². The molecule has 0 fully saturated rings. The first-order valence-electron chi connectivity index (χ1n) is 4.18. The Morgan fingerprint density at radius 3 is 2.00 bits per heavy atom. The molecule has 1 aromatic rings. The van der Waals surface area contributed by atoms with Gasteiger partial charge in [0.1, 0.15) is 6.29 Å². The van der Waals surface area contributed by atoms with E-state index in [0.29, 0.717) is 5.56 Å². The summed E-state index contributed by atoms with van der Waals surface area (Å²) in [6.07, 6.45) is 3.26. The molecular weight excluding hydrogens is 192 g/mol. The average molecular weight is 204 g/mol. The second-order valence-corrected chi connectivity index (χ2v) is 2.46. The minimum Gasteiger partial charge on any atom is -0.478 e. The largest absolute Gasteiger partial charge is 0.478 e. The lowest BCUT2D eigenvalue weighted by Crippen LogP contribution is -1.85. The van der Waals surface area contributed by atoms with Crippen molar-refractivity contribution in [3.05, 3.63) is 54.6 Å². The molecule has 15 heavy (non-hydrogen) atoms. The maximum absolute atomic E-state index is 10.3. The third-order valence-electron chi connectivity index (χ3n) is 1.49. The third-order valence-corrected chi connectivity index (χ3v) is 1.49. The summed E-state index contributed by atoms with van der Waals surface area (Å²) in [4.78, 5) is 20.4. The fraction of sp³-hybridized carbons (Fsp3) is 0. The molecule has 78 valence electrons. The first kappa shape index (κ1) is 12.8. The monoisotopic (exact) mass is 204 g/mol. The standard InChI is InChI=1S/C10H8O3.C2H4/c11-7-9-3-1-8(2-4-9)5-6-10(12)13;1-2/h1-7H,(H,12,13);1-2H2/b6-5+;. The van der Waals surface area contributed by atoms with E-state index in [9.17, 15) is 9.59 Å². The van der Waals surface area contributed by atoms with Crippen LogP contribution in [-0.4, -0.2) is 17.4 Å². The van der Waals surface area contributed by atoms with Gasteiger partial charge >= 0.3 is 5.97 Å². The molecule has 0 atom stereocenters. The normalized spacial score (nSPS) is 9.07. The van der Waals surface area contributed by atoms with E-state index in [0.717, 1.165) is 17.9 Å². The van der Waals surface area contributed by atoms with Crippen LogP contribution >= 0.6 is 0 Å². The van der Waals surface area contributed by atoms with Crippen LogP contribution in [0.15, 0.2) is 43.5 Å². The zero-order chi connectivity index (χ0) is 11.7. The fourth-order valence-corrected chi connectivity index (χ4v) is 0.853. The van der Waals surface area contributed by atoms with Crippen molar-refractivity contribution in [3.8, 4) is 0 Å². The average Bonchev–Trinajstić information content (AvgIpc) is 2.30. The molecule has 0 aliphatic rings. The van der Waals surface area contributed by atoms with Crippen LogP contribution in [0.25, 0.3) is 6.08 Å². The number of aldehydes is 1. The van der Waals surface area contributed by atoms with Gasteiger partial charge in [0, 0.05) is 11.6 Å². The summed E-state index contributed by atoms with van der Waals surface area (Å²) in [5, 5.41) is 8.33. The molecule has 0 radical (unpaired) electrons. The van der Waals surface area contributed by atoms with Crippen molar-refractivity contribution in [1.29, 1.82) is 0 Å². The number of carbonyl (C=O) groups is 2. The predicted molar refractivity (Wildman–Crippen MR) is 59.8 cm³/mol. The van der Waals surface area contributed by atoms with E-state index in [1.807, 2.05) is 0 Å². The van der Waals surface area contributed by atoms with Gasteiger partial charge in [-0.1, -0.05) is 24.3 Å². The lowest BCUT2D eigenvalue weighted by molar-refractivity contribution is -0.131. The van der Waals surface area contributed by atoms with Gasteiger partial charge in [-0.2, -0.15) is 0 Å². The number of aliphatic carboxylic acids is 1. The van der Waals surface area contributed by atoms with Crippen LogP contribution < -0.4 is 0 Å². The van der Waals surface area contributed by atoms with Gasteiger partial charge in [0.2, 0.25) is 0 Å². The zero-order valence-corrected chi connectivity index (χ0v) is 8.22. The summed E-state index contributed by atoms with van der Waals surface area (Å²) in [6.45, 7) is 6.00. The van der Waals surface area contributed by atoms with Gasteiger partial charge in [-0.15, -0.1) is 13.2 Å². The Bertz CT molecular complexity index is 350. The predicted octanol–water partition coefficient (Wildman–Crippen LogP) is 2.40. The van der Waals surface area contributed by atoms with Gasteiger partial charge in [-0.05, 0) is 11.6 Å². The van der Waals surface area contributed by atoms with Crippen molar-refractivity contribution in [2.45, 2.75) is 0 Å². The van der Waals surface area contributed by atoms with Crippen LogP contribution in [0.5, 0.6) is 0 Å². The van der Waals surface area contributed by atoms with Crippen LogP contribution in [0.4, 0.5) is 0 Å². The number of carbonyl (C=O) groups excluding carboxylic acids is 1. The van der Waals surface area contributed by atoms with E-state index < -0.39 is 5.97 Å². The molecule has 1 rings (SSSR count).